The molecule has 76 valence electrons. The van der Waals surface area contributed by atoms with Crippen LogP contribution in [-0.4, -0.2) is 6.61 Å². The van der Waals surface area contributed by atoms with Gasteiger partial charge in [-0.15, -0.1) is 0 Å². The number of halogens is 1. The second-order valence-corrected chi connectivity index (χ2v) is 5.22. The standard InChI is InChI=1S/C12H15IO/c1-9-6-7-10(9)8-14-12-5-3-2-4-11(12)13/h2-5,9-10H,6-8H2,1H3/t9-,10+/m0/s1. The Kier molecular flexibility index (Phi) is 3.31. The van der Waals surface area contributed by atoms with Crippen LogP contribution in [0.4, 0.5) is 0 Å². The zero-order valence-electron chi connectivity index (χ0n) is 8.37. The lowest BCUT2D eigenvalue weighted by molar-refractivity contribution is 0.116. The summed E-state index contributed by atoms with van der Waals surface area (Å²) in [5, 5.41) is 0. The van der Waals surface area contributed by atoms with Crippen LogP contribution in [0.5, 0.6) is 5.75 Å². The summed E-state index contributed by atoms with van der Waals surface area (Å²) in [5.41, 5.74) is 0. The first kappa shape index (κ1) is 10.3. The molecule has 0 N–H and O–H groups in total. The van der Waals surface area contributed by atoms with Crippen LogP contribution in [0.25, 0.3) is 0 Å². The largest absolute Gasteiger partial charge is 0.492 e. The number of hydrogen-bond donors (Lipinski definition) is 0. The van der Waals surface area contributed by atoms with Crippen molar-refractivity contribution in [1.29, 1.82) is 0 Å². The number of hydrogen-bond acceptors (Lipinski definition) is 1. The highest BCUT2D eigenvalue weighted by molar-refractivity contribution is 14.1. The summed E-state index contributed by atoms with van der Waals surface area (Å²) >= 11 is 2.32. The van der Waals surface area contributed by atoms with Crippen molar-refractivity contribution < 1.29 is 4.74 Å². The molecule has 1 aromatic rings. The normalized spacial score (nSPS) is 25.6. The molecule has 1 aliphatic rings. The second-order valence-electron chi connectivity index (χ2n) is 4.06. The van der Waals surface area contributed by atoms with Gasteiger partial charge in [0.2, 0.25) is 0 Å². The third-order valence-electron chi connectivity index (χ3n) is 3.09. The van der Waals surface area contributed by atoms with Crippen molar-refractivity contribution in [2.45, 2.75) is 19.8 Å². The Balaban J connectivity index is 1.88. The molecule has 2 atom stereocenters. The van der Waals surface area contributed by atoms with E-state index in [0.29, 0.717) is 0 Å². The molecule has 0 radical (unpaired) electrons. The Labute approximate surface area is 99.0 Å². The van der Waals surface area contributed by atoms with Gasteiger partial charge in [-0.3, -0.25) is 0 Å². The maximum atomic E-state index is 5.80. The minimum atomic E-state index is 0.783. The monoisotopic (exact) mass is 302 g/mol. The minimum absolute atomic E-state index is 0.783. The molecule has 0 spiro atoms. The van der Waals surface area contributed by atoms with E-state index < -0.39 is 0 Å². The van der Waals surface area contributed by atoms with Crippen LogP contribution >= 0.6 is 22.6 Å². The van der Waals surface area contributed by atoms with E-state index in [2.05, 4.69) is 35.6 Å². The molecule has 0 aliphatic heterocycles. The minimum Gasteiger partial charge on any atom is -0.492 e. The van der Waals surface area contributed by atoms with Gasteiger partial charge in [-0.25, -0.2) is 0 Å². The summed E-state index contributed by atoms with van der Waals surface area (Å²) in [7, 11) is 0. The topological polar surface area (TPSA) is 9.23 Å². The van der Waals surface area contributed by atoms with Gasteiger partial charge in [0.1, 0.15) is 5.75 Å². The molecule has 0 heterocycles. The van der Waals surface area contributed by atoms with E-state index in [1.807, 2.05) is 18.2 Å². The van der Waals surface area contributed by atoms with Gasteiger partial charge < -0.3 is 4.74 Å². The van der Waals surface area contributed by atoms with Gasteiger partial charge in [-0.1, -0.05) is 19.1 Å². The average molecular weight is 302 g/mol. The lowest BCUT2D eigenvalue weighted by atomic mass is 9.75. The quantitative estimate of drug-likeness (QED) is 0.773. The van der Waals surface area contributed by atoms with Crippen LogP contribution in [0.1, 0.15) is 19.8 Å². The molecule has 0 bridgehead atoms. The molecule has 0 saturated heterocycles. The summed E-state index contributed by atoms with van der Waals surface area (Å²) < 4.78 is 7.01. The van der Waals surface area contributed by atoms with E-state index in [1.54, 1.807) is 0 Å². The predicted molar refractivity (Wildman–Crippen MR) is 66.5 cm³/mol. The van der Waals surface area contributed by atoms with Crippen molar-refractivity contribution in [1.82, 2.24) is 0 Å². The number of rotatable bonds is 3. The molecule has 0 unspecified atom stereocenters. The molecule has 1 nitrogen and oxygen atoms in total. The third kappa shape index (κ3) is 2.22. The van der Waals surface area contributed by atoms with E-state index >= 15 is 0 Å². The van der Waals surface area contributed by atoms with Crippen LogP contribution in [0.3, 0.4) is 0 Å². The van der Waals surface area contributed by atoms with Crippen LogP contribution in [0, 0.1) is 15.4 Å². The van der Waals surface area contributed by atoms with E-state index in [1.165, 1.54) is 16.4 Å². The summed E-state index contributed by atoms with van der Waals surface area (Å²) in [4.78, 5) is 0. The molecule has 2 heteroatoms. The first-order valence-electron chi connectivity index (χ1n) is 5.14. The maximum Gasteiger partial charge on any atom is 0.132 e. The summed E-state index contributed by atoms with van der Waals surface area (Å²) in [5.74, 6) is 2.68. The Morgan fingerprint density at radius 1 is 1.36 bits per heavy atom. The highest BCUT2D eigenvalue weighted by atomic mass is 127. The molecule has 1 saturated carbocycles. The predicted octanol–water partition coefficient (Wildman–Crippen LogP) is 3.72. The molecule has 2 rings (SSSR count). The Bertz CT molecular complexity index is 311. The molecular weight excluding hydrogens is 287 g/mol. The van der Waals surface area contributed by atoms with E-state index in [4.69, 9.17) is 4.74 Å². The van der Waals surface area contributed by atoms with Crippen molar-refractivity contribution in [3.05, 3.63) is 27.8 Å². The number of ether oxygens (including phenoxy) is 1. The van der Waals surface area contributed by atoms with Gasteiger partial charge in [0.15, 0.2) is 0 Å². The number of para-hydroxylation sites is 1. The van der Waals surface area contributed by atoms with Crippen molar-refractivity contribution in [2.75, 3.05) is 6.61 Å². The fourth-order valence-electron chi connectivity index (χ4n) is 1.74. The maximum absolute atomic E-state index is 5.80. The van der Waals surface area contributed by atoms with Gasteiger partial charge in [-0.2, -0.15) is 0 Å². The van der Waals surface area contributed by atoms with Crippen molar-refractivity contribution in [2.24, 2.45) is 11.8 Å². The Hall–Kier alpha value is -0.250. The molecule has 0 amide bonds. The van der Waals surface area contributed by atoms with Gasteiger partial charge in [0.25, 0.3) is 0 Å². The van der Waals surface area contributed by atoms with Crippen LogP contribution < -0.4 is 4.74 Å². The smallest absolute Gasteiger partial charge is 0.132 e. The first-order chi connectivity index (χ1) is 6.77. The number of benzene rings is 1. The van der Waals surface area contributed by atoms with Crippen LogP contribution in [0.2, 0.25) is 0 Å². The third-order valence-corrected chi connectivity index (χ3v) is 3.98. The SMILES string of the molecule is C[C@H]1CC[C@@H]1COc1ccccc1I. The molecule has 1 fully saturated rings. The van der Waals surface area contributed by atoms with Gasteiger partial charge in [0, 0.05) is 0 Å². The second kappa shape index (κ2) is 4.51. The highest BCUT2D eigenvalue weighted by Gasteiger charge is 2.27. The zero-order chi connectivity index (χ0) is 9.97. The summed E-state index contributed by atoms with van der Waals surface area (Å²) in [6.07, 6.45) is 2.71. The van der Waals surface area contributed by atoms with E-state index in [-0.39, 0.29) is 0 Å². The summed E-state index contributed by atoms with van der Waals surface area (Å²) in [6.45, 7) is 3.20. The van der Waals surface area contributed by atoms with Gasteiger partial charge in [-0.05, 0) is 59.4 Å². The summed E-state index contributed by atoms with van der Waals surface area (Å²) in [6, 6.07) is 8.20. The van der Waals surface area contributed by atoms with E-state index in [0.717, 1.165) is 24.2 Å². The van der Waals surface area contributed by atoms with Crippen LogP contribution in [-0.2, 0) is 0 Å². The van der Waals surface area contributed by atoms with Crippen molar-refractivity contribution in [3.63, 3.8) is 0 Å². The molecule has 14 heavy (non-hydrogen) atoms. The van der Waals surface area contributed by atoms with Crippen molar-refractivity contribution >= 4 is 22.6 Å². The average Bonchev–Trinajstić information content (AvgIpc) is 2.19. The zero-order valence-corrected chi connectivity index (χ0v) is 10.5. The van der Waals surface area contributed by atoms with E-state index in [9.17, 15) is 0 Å². The lowest BCUT2D eigenvalue weighted by Crippen LogP contribution is -2.28. The highest BCUT2D eigenvalue weighted by Crippen LogP contribution is 2.34. The fourth-order valence-corrected chi connectivity index (χ4v) is 2.29. The molecule has 1 aliphatic carbocycles. The molecule has 1 aromatic carbocycles. The fraction of sp³-hybridized carbons (Fsp3) is 0.500. The van der Waals surface area contributed by atoms with Gasteiger partial charge >= 0.3 is 0 Å². The Morgan fingerprint density at radius 2 is 2.14 bits per heavy atom. The van der Waals surface area contributed by atoms with Gasteiger partial charge in [0.05, 0.1) is 10.2 Å². The first-order valence-corrected chi connectivity index (χ1v) is 6.22. The lowest BCUT2D eigenvalue weighted by Gasteiger charge is -2.33. The van der Waals surface area contributed by atoms with Crippen molar-refractivity contribution in [3.8, 4) is 5.75 Å². The molecule has 0 aromatic heterocycles. The Morgan fingerprint density at radius 3 is 2.71 bits per heavy atom. The van der Waals surface area contributed by atoms with Crippen LogP contribution in [0.15, 0.2) is 24.3 Å². The molecular formula is C12H15IO.